The van der Waals surface area contributed by atoms with E-state index in [0.29, 0.717) is 25.1 Å². The van der Waals surface area contributed by atoms with Crippen LogP contribution in [0.15, 0.2) is 54.6 Å². The van der Waals surface area contributed by atoms with Crippen LogP contribution >= 0.6 is 0 Å². The maximum Gasteiger partial charge on any atom is 0.327 e. The van der Waals surface area contributed by atoms with Gasteiger partial charge in [0.1, 0.15) is 18.4 Å². The molecule has 162 valence electrons. The van der Waals surface area contributed by atoms with Crippen molar-refractivity contribution < 1.29 is 18.8 Å². The molecular formula is C23H25FN4O3. The number of carbonyl (C=O) groups is 3. The van der Waals surface area contributed by atoms with Gasteiger partial charge in [0, 0.05) is 12.2 Å². The Kier molecular flexibility index (Phi) is 6.27. The van der Waals surface area contributed by atoms with Crippen LogP contribution in [0.3, 0.4) is 0 Å². The van der Waals surface area contributed by atoms with E-state index in [9.17, 15) is 18.8 Å². The van der Waals surface area contributed by atoms with E-state index >= 15 is 0 Å². The average Bonchev–Trinajstić information content (AvgIpc) is 2.77. The lowest BCUT2D eigenvalue weighted by Crippen LogP contribution is -2.70. The Bertz CT molecular complexity index is 968. The smallest absolute Gasteiger partial charge is 0.324 e. The molecule has 0 aliphatic carbocycles. The molecule has 4 rings (SSSR count). The summed E-state index contributed by atoms with van der Waals surface area (Å²) in [5, 5.41) is 5.85. The Hall–Kier alpha value is -3.26. The lowest BCUT2D eigenvalue weighted by Gasteiger charge is -2.46. The molecule has 2 saturated heterocycles. The Balaban J connectivity index is 1.49. The van der Waals surface area contributed by atoms with Crippen LogP contribution in [0.25, 0.3) is 0 Å². The van der Waals surface area contributed by atoms with Crippen LogP contribution in [0.4, 0.5) is 14.9 Å². The summed E-state index contributed by atoms with van der Waals surface area (Å²) in [6, 6.07) is 13.9. The number of piperidine rings is 1. The Morgan fingerprint density at radius 3 is 2.71 bits per heavy atom. The van der Waals surface area contributed by atoms with Gasteiger partial charge >= 0.3 is 6.03 Å². The van der Waals surface area contributed by atoms with Crippen molar-refractivity contribution >= 4 is 23.5 Å². The number of urea groups is 1. The number of hydrogen-bond acceptors (Lipinski definition) is 4. The van der Waals surface area contributed by atoms with Crippen molar-refractivity contribution in [2.24, 2.45) is 0 Å². The van der Waals surface area contributed by atoms with Crippen molar-refractivity contribution in [1.82, 2.24) is 15.1 Å². The molecule has 0 bridgehead atoms. The first-order valence-corrected chi connectivity index (χ1v) is 10.5. The van der Waals surface area contributed by atoms with Crippen molar-refractivity contribution in [3.05, 3.63) is 66.0 Å². The molecule has 0 radical (unpaired) electrons. The average molecular weight is 424 g/mol. The molecule has 0 spiro atoms. The number of amides is 4. The number of nitrogens with zero attached hydrogens (tertiary/aromatic N) is 2. The quantitative estimate of drug-likeness (QED) is 0.746. The van der Waals surface area contributed by atoms with Gasteiger partial charge in [-0.2, -0.15) is 0 Å². The summed E-state index contributed by atoms with van der Waals surface area (Å²) in [6.07, 6.45) is 2.00. The minimum absolute atomic E-state index is 0.201. The van der Waals surface area contributed by atoms with Gasteiger partial charge in [-0.15, -0.1) is 0 Å². The highest BCUT2D eigenvalue weighted by Crippen LogP contribution is 2.25. The van der Waals surface area contributed by atoms with Crippen LogP contribution in [0.1, 0.15) is 18.4 Å². The molecule has 31 heavy (non-hydrogen) atoms. The molecule has 7 nitrogen and oxygen atoms in total. The molecule has 2 aromatic rings. The second-order valence-corrected chi connectivity index (χ2v) is 7.84. The molecule has 2 aromatic carbocycles. The van der Waals surface area contributed by atoms with E-state index in [4.69, 9.17) is 0 Å². The molecule has 2 aliphatic rings. The second kappa shape index (κ2) is 9.26. The number of benzene rings is 2. The normalized spacial score (nSPS) is 21.1. The van der Waals surface area contributed by atoms with E-state index in [1.165, 1.54) is 28.0 Å². The third-order valence-electron chi connectivity index (χ3n) is 5.72. The Morgan fingerprint density at radius 1 is 1.13 bits per heavy atom. The van der Waals surface area contributed by atoms with Crippen molar-refractivity contribution in [2.75, 3.05) is 25.0 Å². The summed E-state index contributed by atoms with van der Waals surface area (Å²) in [5.41, 5.74) is 1.35. The molecule has 2 atom stereocenters. The fourth-order valence-electron chi connectivity index (χ4n) is 4.22. The van der Waals surface area contributed by atoms with Crippen molar-refractivity contribution in [2.45, 2.75) is 31.3 Å². The highest BCUT2D eigenvalue weighted by atomic mass is 19.1. The number of halogens is 1. The number of nitrogens with one attached hydrogen (secondary N) is 2. The lowest BCUT2D eigenvalue weighted by atomic mass is 9.93. The predicted octanol–water partition coefficient (Wildman–Crippen LogP) is 2.39. The van der Waals surface area contributed by atoms with Crippen LogP contribution in [0.5, 0.6) is 0 Å². The summed E-state index contributed by atoms with van der Waals surface area (Å²) in [4.78, 5) is 41.6. The second-order valence-electron chi connectivity index (χ2n) is 7.84. The fourth-order valence-corrected chi connectivity index (χ4v) is 4.22. The molecule has 0 saturated carbocycles. The van der Waals surface area contributed by atoms with E-state index in [0.717, 1.165) is 12.0 Å². The molecule has 8 heteroatoms. The third kappa shape index (κ3) is 4.74. The Labute approximate surface area is 180 Å². The van der Waals surface area contributed by atoms with Crippen LogP contribution in [-0.2, 0) is 16.0 Å². The van der Waals surface area contributed by atoms with E-state index in [-0.39, 0.29) is 25.0 Å². The zero-order valence-corrected chi connectivity index (χ0v) is 17.1. The van der Waals surface area contributed by atoms with Crippen molar-refractivity contribution in [1.29, 1.82) is 0 Å². The van der Waals surface area contributed by atoms with Crippen LogP contribution in [-0.4, -0.2) is 59.4 Å². The standard InChI is InChI=1S/C23H25FN4O3/c24-17-8-4-9-18(14-17)26-20(29)15-28-19-10-5-12-25-21(19)22(30)27(23(28)31)13-11-16-6-2-1-3-7-16/h1-4,6-9,14,19,21,25H,5,10-13,15H2,(H,26,29). The lowest BCUT2D eigenvalue weighted by molar-refractivity contribution is -0.138. The van der Waals surface area contributed by atoms with Gasteiger partial charge in [-0.1, -0.05) is 36.4 Å². The number of rotatable bonds is 6. The molecule has 0 aromatic heterocycles. The molecule has 2 unspecified atom stereocenters. The molecule has 2 heterocycles. The molecular weight excluding hydrogens is 399 g/mol. The summed E-state index contributed by atoms with van der Waals surface area (Å²) in [7, 11) is 0. The van der Waals surface area contributed by atoms with Gasteiger partial charge in [0.2, 0.25) is 11.8 Å². The molecule has 2 aliphatic heterocycles. The third-order valence-corrected chi connectivity index (χ3v) is 5.72. The SMILES string of the molecule is O=C(CN1C(=O)N(CCc2ccccc2)C(=O)C2NCCCC21)Nc1cccc(F)c1. The predicted molar refractivity (Wildman–Crippen MR) is 114 cm³/mol. The first-order valence-electron chi connectivity index (χ1n) is 10.5. The number of hydrogen-bond donors (Lipinski definition) is 2. The summed E-state index contributed by atoms with van der Waals surface area (Å²) in [6.45, 7) is 0.735. The zero-order chi connectivity index (χ0) is 21.8. The zero-order valence-electron chi connectivity index (χ0n) is 17.1. The van der Waals surface area contributed by atoms with Gasteiger partial charge in [-0.05, 0) is 49.6 Å². The van der Waals surface area contributed by atoms with Gasteiger partial charge in [0.15, 0.2) is 0 Å². The van der Waals surface area contributed by atoms with Crippen LogP contribution in [0.2, 0.25) is 0 Å². The first-order chi connectivity index (χ1) is 15.0. The van der Waals surface area contributed by atoms with Gasteiger partial charge in [-0.3, -0.25) is 14.5 Å². The summed E-state index contributed by atoms with van der Waals surface area (Å²) < 4.78 is 13.4. The van der Waals surface area contributed by atoms with Crippen LogP contribution in [0, 0.1) is 5.82 Å². The largest absolute Gasteiger partial charge is 0.327 e. The first kappa shape index (κ1) is 21.0. The summed E-state index contributed by atoms with van der Waals surface area (Å²) >= 11 is 0. The minimum Gasteiger partial charge on any atom is -0.324 e. The van der Waals surface area contributed by atoms with Crippen molar-refractivity contribution in [3.63, 3.8) is 0 Å². The highest BCUT2D eigenvalue weighted by Gasteiger charge is 2.47. The van der Waals surface area contributed by atoms with E-state index in [1.807, 2.05) is 30.3 Å². The van der Waals surface area contributed by atoms with Gasteiger partial charge < -0.3 is 15.5 Å². The number of carbonyl (C=O) groups excluding carboxylic acids is 3. The van der Waals surface area contributed by atoms with E-state index in [1.54, 1.807) is 6.07 Å². The van der Waals surface area contributed by atoms with Crippen LogP contribution < -0.4 is 10.6 Å². The molecule has 2 fully saturated rings. The molecule has 2 N–H and O–H groups in total. The number of fused-ring (bicyclic) bond motifs is 1. The van der Waals surface area contributed by atoms with Crippen molar-refractivity contribution in [3.8, 4) is 0 Å². The van der Waals surface area contributed by atoms with E-state index < -0.39 is 23.8 Å². The Morgan fingerprint density at radius 2 is 1.94 bits per heavy atom. The maximum atomic E-state index is 13.4. The topological polar surface area (TPSA) is 81.8 Å². The van der Waals surface area contributed by atoms with E-state index in [2.05, 4.69) is 10.6 Å². The van der Waals surface area contributed by atoms with Gasteiger partial charge in [-0.25, -0.2) is 9.18 Å². The number of anilines is 1. The fraction of sp³-hybridized carbons (Fsp3) is 0.348. The maximum absolute atomic E-state index is 13.4. The monoisotopic (exact) mass is 424 g/mol. The molecule has 4 amide bonds. The highest BCUT2D eigenvalue weighted by molar-refractivity contribution is 6.02. The van der Waals surface area contributed by atoms with Gasteiger partial charge in [0.05, 0.1) is 6.04 Å². The summed E-state index contributed by atoms with van der Waals surface area (Å²) in [5.74, 6) is -1.13. The minimum atomic E-state index is -0.524. The number of imide groups is 1. The van der Waals surface area contributed by atoms with Gasteiger partial charge in [0.25, 0.3) is 0 Å².